The molecular formula is C18H16Cl2O3S. The second kappa shape index (κ2) is 7.36. The maximum Gasteiger partial charge on any atom is 0.338 e. The minimum atomic E-state index is -0.578. The van der Waals surface area contributed by atoms with Crippen molar-refractivity contribution in [3.8, 4) is 0 Å². The minimum absolute atomic E-state index is 0.181. The fourth-order valence-corrected chi connectivity index (χ4v) is 4.40. The van der Waals surface area contributed by atoms with E-state index in [2.05, 4.69) is 0 Å². The van der Waals surface area contributed by atoms with Gasteiger partial charge in [0.2, 0.25) is 0 Å². The SMILES string of the molecule is CC1(c2ccc(Cl)cc2Cl)OC(COC(=O)c2ccccc2)CS1. The van der Waals surface area contributed by atoms with Gasteiger partial charge < -0.3 is 9.47 Å². The maximum absolute atomic E-state index is 12.0. The number of hydrogen-bond acceptors (Lipinski definition) is 4. The van der Waals surface area contributed by atoms with Crippen LogP contribution in [0.4, 0.5) is 0 Å². The van der Waals surface area contributed by atoms with Crippen LogP contribution in [0.15, 0.2) is 48.5 Å². The predicted molar refractivity (Wildman–Crippen MR) is 97.9 cm³/mol. The van der Waals surface area contributed by atoms with Gasteiger partial charge in [0, 0.05) is 21.4 Å². The molecule has 1 aliphatic heterocycles. The summed E-state index contributed by atoms with van der Waals surface area (Å²) in [4.78, 5) is 11.4. The molecule has 1 aliphatic rings. The summed E-state index contributed by atoms with van der Waals surface area (Å²) < 4.78 is 11.5. The average Bonchev–Trinajstić information content (AvgIpc) is 2.95. The molecule has 3 rings (SSSR count). The van der Waals surface area contributed by atoms with Crippen molar-refractivity contribution in [3.63, 3.8) is 0 Å². The summed E-state index contributed by atoms with van der Waals surface area (Å²) in [6.45, 7) is 2.17. The normalized spacial score (nSPS) is 23.2. The van der Waals surface area contributed by atoms with E-state index in [0.717, 1.165) is 11.3 Å². The Kier molecular flexibility index (Phi) is 5.40. The summed E-state index contributed by atoms with van der Waals surface area (Å²) in [5.41, 5.74) is 1.40. The van der Waals surface area contributed by atoms with Gasteiger partial charge in [0.25, 0.3) is 0 Å². The number of esters is 1. The fraction of sp³-hybridized carbons (Fsp3) is 0.278. The number of benzene rings is 2. The number of ether oxygens (including phenoxy) is 2. The standard InChI is InChI=1S/C18H16Cl2O3S/c1-18(15-8-7-13(19)9-16(15)20)23-14(11-24-18)10-22-17(21)12-5-3-2-4-6-12/h2-9,14H,10-11H2,1H3. The van der Waals surface area contributed by atoms with Gasteiger partial charge in [0.15, 0.2) is 0 Å². The lowest BCUT2D eigenvalue weighted by molar-refractivity contribution is -0.0348. The predicted octanol–water partition coefficient (Wildman–Crippen LogP) is 5.16. The highest BCUT2D eigenvalue weighted by Crippen LogP contribution is 2.47. The third-order valence-corrected chi connectivity index (χ3v) is 5.72. The van der Waals surface area contributed by atoms with E-state index in [1.807, 2.05) is 19.1 Å². The lowest BCUT2D eigenvalue weighted by atomic mass is 10.1. The molecule has 0 amide bonds. The zero-order valence-electron chi connectivity index (χ0n) is 13.0. The molecule has 0 spiro atoms. The average molecular weight is 383 g/mol. The van der Waals surface area contributed by atoms with Gasteiger partial charge in [0.05, 0.1) is 5.56 Å². The largest absolute Gasteiger partial charge is 0.459 e. The molecule has 2 unspecified atom stereocenters. The summed E-state index contributed by atoms with van der Waals surface area (Å²) in [6, 6.07) is 14.3. The van der Waals surface area contributed by atoms with Crippen LogP contribution in [-0.4, -0.2) is 24.4 Å². The van der Waals surface area contributed by atoms with Gasteiger partial charge in [0.1, 0.15) is 17.6 Å². The molecule has 0 aromatic heterocycles. The Morgan fingerprint density at radius 1 is 1.29 bits per heavy atom. The van der Waals surface area contributed by atoms with Crippen molar-refractivity contribution in [2.75, 3.05) is 12.4 Å². The molecule has 6 heteroatoms. The van der Waals surface area contributed by atoms with E-state index >= 15 is 0 Å². The van der Waals surface area contributed by atoms with Crippen molar-refractivity contribution in [2.45, 2.75) is 18.0 Å². The molecule has 24 heavy (non-hydrogen) atoms. The first-order chi connectivity index (χ1) is 11.5. The molecule has 2 aromatic carbocycles. The summed E-state index contributed by atoms with van der Waals surface area (Å²) in [6.07, 6.45) is -0.181. The summed E-state index contributed by atoms with van der Waals surface area (Å²) in [5, 5.41) is 1.16. The fourth-order valence-electron chi connectivity index (χ4n) is 2.55. The summed E-state index contributed by atoms with van der Waals surface area (Å²) in [7, 11) is 0. The van der Waals surface area contributed by atoms with Gasteiger partial charge in [-0.05, 0) is 31.2 Å². The molecule has 126 valence electrons. The Bertz CT molecular complexity index is 738. The quantitative estimate of drug-likeness (QED) is 0.684. The van der Waals surface area contributed by atoms with Gasteiger partial charge in [-0.25, -0.2) is 4.79 Å². The maximum atomic E-state index is 12.0. The molecule has 3 nitrogen and oxygen atoms in total. The lowest BCUT2D eigenvalue weighted by Crippen LogP contribution is -2.25. The van der Waals surface area contributed by atoms with E-state index < -0.39 is 4.93 Å². The van der Waals surface area contributed by atoms with Crippen LogP contribution in [0.5, 0.6) is 0 Å². The molecule has 2 atom stereocenters. The van der Waals surface area contributed by atoms with Crippen molar-refractivity contribution in [1.29, 1.82) is 0 Å². The molecule has 0 saturated carbocycles. The summed E-state index contributed by atoms with van der Waals surface area (Å²) in [5.74, 6) is 0.375. The Hall–Kier alpha value is -1.20. The van der Waals surface area contributed by atoms with Crippen molar-refractivity contribution in [2.24, 2.45) is 0 Å². The molecule has 0 N–H and O–H groups in total. The van der Waals surface area contributed by atoms with Crippen molar-refractivity contribution in [3.05, 3.63) is 69.7 Å². The Labute approximate surface area is 155 Å². The highest BCUT2D eigenvalue weighted by atomic mass is 35.5. The highest BCUT2D eigenvalue weighted by molar-refractivity contribution is 8.00. The number of halogens is 2. The van der Waals surface area contributed by atoms with Crippen molar-refractivity contribution in [1.82, 2.24) is 0 Å². The molecule has 1 saturated heterocycles. The first kappa shape index (κ1) is 17.6. The Balaban J connectivity index is 1.62. The van der Waals surface area contributed by atoms with Gasteiger partial charge >= 0.3 is 5.97 Å². The topological polar surface area (TPSA) is 35.5 Å². The number of rotatable bonds is 4. The Morgan fingerprint density at radius 3 is 2.75 bits per heavy atom. The monoisotopic (exact) mass is 382 g/mol. The van der Waals surface area contributed by atoms with E-state index in [1.54, 1.807) is 48.2 Å². The molecular weight excluding hydrogens is 367 g/mol. The second-order valence-corrected chi connectivity index (χ2v) is 7.83. The Morgan fingerprint density at radius 2 is 2.04 bits per heavy atom. The van der Waals surface area contributed by atoms with E-state index in [9.17, 15) is 4.79 Å². The number of thioether (sulfide) groups is 1. The van der Waals surface area contributed by atoms with Crippen LogP contribution < -0.4 is 0 Å². The first-order valence-electron chi connectivity index (χ1n) is 7.47. The van der Waals surface area contributed by atoms with Gasteiger partial charge in [-0.3, -0.25) is 0 Å². The number of carbonyl (C=O) groups excluding carboxylic acids is 1. The van der Waals surface area contributed by atoms with E-state index in [-0.39, 0.29) is 18.7 Å². The van der Waals surface area contributed by atoms with Gasteiger partial charge in [-0.15, -0.1) is 11.8 Å². The first-order valence-corrected chi connectivity index (χ1v) is 9.21. The second-order valence-electron chi connectivity index (χ2n) is 5.59. The molecule has 2 aromatic rings. The van der Waals surface area contributed by atoms with Crippen LogP contribution >= 0.6 is 35.0 Å². The van der Waals surface area contributed by atoms with E-state index in [1.165, 1.54) is 0 Å². The molecule has 0 radical (unpaired) electrons. The number of carbonyl (C=O) groups is 1. The zero-order valence-corrected chi connectivity index (χ0v) is 15.3. The minimum Gasteiger partial charge on any atom is -0.459 e. The molecule has 0 bridgehead atoms. The van der Waals surface area contributed by atoms with Crippen LogP contribution in [-0.2, 0) is 14.4 Å². The van der Waals surface area contributed by atoms with Crippen LogP contribution in [0.25, 0.3) is 0 Å². The van der Waals surface area contributed by atoms with E-state index in [0.29, 0.717) is 15.6 Å². The van der Waals surface area contributed by atoms with Crippen molar-refractivity contribution < 1.29 is 14.3 Å². The third kappa shape index (κ3) is 3.89. The van der Waals surface area contributed by atoms with Crippen LogP contribution in [0, 0.1) is 0 Å². The highest BCUT2D eigenvalue weighted by Gasteiger charge is 2.40. The van der Waals surface area contributed by atoms with Crippen LogP contribution in [0.3, 0.4) is 0 Å². The zero-order chi connectivity index (χ0) is 17.2. The van der Waals surface area contributed by atoms with Crippen LogP contribution in [0.2, 0.25) is 10.0 Å². The smallest absolute Gasteiger partial charge is 0.338 e. The van der Waals surface area contributed by atoms with Gasteiger partial charge in [-0.2, -0.15) is 0 Å². The summed E-state index contributed by atoms with van der Waals surface area (Å²) >= 11 is 13.9. The lowest BCUT2D eigenvalue weighted by Gasteiger charge is -2.25. The molecule has 1 fully saturated rings. The molecule has 1 heterocycles. The third-order valence-electron chi connectivity index (χ3n) is 3.77. The van der Waals surface area contributed by atoms with Gasteiger partial charge in [-0.1, -0.05) is 47.5 Å². The van der Waals surface area contributed by atoms with Crippen molar-refractivity contribution >= 4 is 40.9 Å². The van der Waals surface area contributed by atoms with Crippen LogP contribution in [0.1, 0.15) is 22.8 Å². The molecule has 0 aliphatic carbocycles. The number of hydrogen-bond donors (Lipinski definition) is 0. The van der Waals surface area contributed by atoms with E-state index in [4.69, 9.17) is 32.7 Å².